The summed E-state index contributed by atoms with van der Waals surface area (Å²) in [6, 6.07) is 94.9. The molecule has 0 aliphatic carbocycles. The number of rotatable bonds is 32. The highest BCUT2D eigenvalue weighted by Gasteiger charge is 2.25. The molecule has 0 N–H and O–H groups in total. The van der Waals surface area contributed by atoms with Crippen LogP contribution in [0.1, 0.15) is 66.8 Å². The van der Waals surface area contributed by atoms with Gasteiger partial charge in [-0.1, -0.05) is 170 Å². The summed E-state index contributed by atoms with van der Waals surface area (Å²) in [5, 5.41) is 0. The molecule has 3 fully saturated rings. The van der Waals surface area contributed by atoms with Crippen LogP contribution in [-0.4, -0.2) is 259 Å². The molecular weight excluding hydrogens is 1710 g/mol. The Hall–Kier alpha value is -11.3. The van der Waals surface area contributed by atoms with Crippen LogP contribution in [-0.2, 0) is 78.5 Å². The van der Waals surface area contributed by atoms with Crippen molar-refractivity contribution in [1.82, 2.24) is 58.8 Å². The van der Waals surface area contributed by atoms with Gasteiger partial charge in [0.05, 0.1) is 42.7 Å². The highest BCUT2D eigenvalue weighted by molar-refractivity contribution is 5.65. The van der Waals surface area contributed by atoms with E-state index in [0.717, 1.165) is 239 Å². The smallest absolute Gasteiger partial charge is 0.126 e. The van der Waals surface area contributed by atoms with Crippen LogP contribution in [0.2, 0.25) is 0 Å². The number of hydrogen-bond donors (Lipinski definition) is 0. The zero-order chi connectivity index (χ0) is 94.2. The lowest BCUT2D eigenvalue weighted by atomic mass is 10.0. The minimum atomic E-state index is -0.618. The summed E-state index contributed by atoms with van der Waals surface area (Å²) < 4.78 is 93.3. The molecule has 3 aliphatic rings. The molecule has 0 unspecified atom stereocenters. The molecule has 0 aromatic heterocycles. The first-order valence-corrected chi connectivity index (χ1v) is 48.2. The summed E-state index contributed by atoms with van der Waals surface area (Å²) >= 11 is 0. The van der Waals surface area contributed by atoms with Crippen LogP contribution in [0, 0.1) is 23.3 Å². The maximum Gasteiger partial charge on any atom is 0.126 e. The predicted molar refractivity (Wildman–Crippen MR) is 538 cm³/mol. The van der Waals surface area contributed by atoms with Gasteiger partial charge in [0.1, 0.15) is 57.8 Å². The van der Waals surface area contributed by atoms with E-state index in [0.29, 0.717) is 76.6 Å². The van der Waals surface area contributed by atoms with Crippen molar-refractivity contribution in [2.75, 3.05) is 200 Å². The number of hydrogen-bond acceptors (Lipinski definition) is 18. The van der Waals surface area contributed by atoms with Crippen LogP contribution in [0.3, 0.4) is 0 Å². The topological polar surface area (TPSA) is 94.3 Å². The molecule has 22 heteroatoms. The molecule has 15 rings (SSSR count). The van der Waals surface area contributed by atoms with Crippen LogP contribution in [0.5, 0.6) is 34.5 Å². The SMILES string of the molecule is COc1ccc(CN2CCN(Cc3ccc(OC)cc3)CCN(Cc3ccc(-c4ccc(CN5CCN(Cc6ccc(-c7ccc(CN8CCN(Cc9ccc(OC)cc9)CCN(Cc9ccc(OC)cc9)CCN(Cc9ccc(OC)cc9)CC8)cc7)cc6)CCN(Cc6cc(F)cc(F)c6)CCN(Cc6cc(F)cc(F)c6)CC5)cc4)cc3)CCN(Cc3ccc(OC)cc3)CC2)cc1. The minimum Gasteiger partial charge on any atom is -0.497 e. The fourth-order valence-electron chi connectivity index (χ4n) is 18.7. The number of methoxy groups -OCH3 is 6. The maximum atomic E-state index is 15.0. The van der Waals surface area contributed by atoms with Crippen LogP contribution < -0.4 is 28.4 Å². The molecule has 0 amide bonds. The lowest BCUT2D eigenvalue weighted by Gasteiger charge is -2.34. The van der Waals surface area contributed by atoms with Gasteiger partial charge in [0.15, 0.2) is 0 Å². The van der Waals surface area contributed by atoms with E-state index in [1.165, 1.54) is 79.9 Å². The van der Waals surface area contributed by atoms with Gasteiger partial charge in [0, 0.05) is 248 Å². The third kappa shape index (κ3) is 31.4. The summed E-state index contributed by atoms with van der Waals surface area (Å²) in [7, 11) is 10.3. The fourth-order valence-corrected chi connectivity index (χ4v) is 18.7. The molecule has 3 aliphatic heterocycles. The molecule has 0 radical (unpaired) electrons. The second kappa shape index (κ2) is 51.2. The molecule has 0 saturated carbocycles. The van der Waals surface area contributed by atoms with E-state index in [2.05, 4.69) is 301 Å². The van der Waals surface area contributed by atoms with Crippen molar-refractivity contribution < 1.29 is 46.0 Å². The summed E-state index contributed by atoms with van der Waals surface area (Å²) in [5.74, 6) is 2.68. The molecule has 3 saturated heterocycles. The minimum absolute atomic E-state index is 0.327. The van der Waals surface area contributed by atoms with Crippen LogP contribution >= 0.6 is 0 Å². The molecule has 0 atom stereocenters. The molecule has 18 nitrogen and oxygen atoms in total. The Morgan fingerprint density at radius 3 is 0.360 bits per heavy atom. The van der Waals surface area contributed by atoms with Crippen molar-refractivity contribution in [3.63, 3.8) is 0 Å². The van der Waals surface area contributed by atoms with Gasteiger partial charge >= 0.3 is 0 Å². The van der Waals surface area contributed by atoms with E-state index in [-0.39, 0.29) is 0 Å². The summed E-state index contributed by atoms with van der Waals surface area (Å²) in [4.78, 5) is 30.5. The van der Waals surface area contributed by atoms with Crippen LogP contribution in [0.25, 0.3) is 22.3 Å². The lowest BCUT2D eigenvalue weighted by Crippen LogP contribution is -2.45. The van der Waals surface area contributed by atoms with Crippen LogP contribution in [0.15, 0.2) is 279 Å². The Morgan fingerprint density at radius 1 is 0.147 bits per heavy atom. The van der Waals surface area contributed by atoms with Crippen molar-refractivity contribution in [2.24, 2.45) is 0 Å². The first-order valence-electron chi connectivity index (χ1n) is 48.2. The van der Waals surface area contributed by atoms with E-state index < -0.39 is 23.3 Å². The Balaban J connectivity index is 0.632. The number of benzene rings is 12. The normalized spacial score (nSPS) is 16.8. The first-order chi connectivity index (χ1) is 66.5. The summed E-state index contributed by atoms with van der Waals surface area (Å²) in [6.07, 6.45) is 0. The predicted octanol–water partition coefficient (Wildman–Crippen LogP) is 18.6. The van der Waals surface area contributed by atoms with Crippen molar-refractivity contribution in [3.05, 3.63) is 369 Å². The molecule has 0 bridgehead atoms. The van der Waals surface area contributed by atoms with Gasteiger partial charge in [0.25, 0.3) is 0 Å². The van der Waals surface area contributed by atoms with E-state index in [9.17, 15) is 17.6 Å². The number of nitrogens with zero attached hydrogens (tertiary/aromatic N) is 12. The number of ether oxygens (including phenoxy) is 6. The second-order valence-electron chi connectivity index (χ2n) is 36.7. The molecule has 0 spiro atoms. The molecule has 136 heavy (non-hydrogen) atoms. The van der Waals surface area contributed by atoms with Gasteiger partial charge in [-0.3, -0.25) is 58.8 Å². The van der Waals surface area contributed by atoms with Crippen molar-refractivity contribution in [1.29, 1.82) is 0 Å². The van der Waals surface area contributed by atoms with Gasteiger partial charge in [-0.05, 0) is 186 Å². The highest BCUT2D eigenvalue weighted by atomic mass is 19.1. The zero-order valence-electron chi connectivity index (χ0n) is 80.3. The quantitative estimate of drug-likeness (QED) is 0.0374. The summed E-state index contributed by atoms with van der Waals surface area (Å²) in [6.45, 7) is 28.4. The third-order valence-corrected chi connectivity index (χ3v) is 26.9. The first kappa shape index (κ1) is 99.2. The van der Waals surface area contributed by atoms with Crippen LogP contribution in [0.4, 0.5) is 17.6 Å². The largest absolute Gasteiger partial charge is 0.497 e. The van der Waals surface area contributed by atoms with E-state index in [1.807, 2.05) is 0 Å². The molecular formula is C114H136F4N12O6. The Bertz CT molecular complexity index is 5050. The van der Waals surface area contributed by atoms with Gasteiger partial charge in [0.2, 0.25) is 0 Å². The number of halogens is 4. The van der Waals surface area contributed by atoms with Gasteiger partial charge in [-0.25, -0.2) is 17.6 Å². The standard InChI is InChI=1S/C114H136F4N12O6/c1-131-109-35-15-93(16-36-109)81-123-53-49-119(50-54-124(82-94-17-37-110(132-2)38-18-94)58-62-127(61-57-123)85-97-23-43-113(135-5)44-24-97)77-89-7-27-101(28-8-89)103-31-11-91(12-32-103)79-121-47-48-122(66-68-130(88-100-73-107(117)76-108(118)74-100)70-69-129(67-65-121)87-99-71-105(115)75-106(116)72-99)80-92-13-33-104(34-14-92)102-29-9-90(10-30-102)78-120-51-55-125(83-95-19-39-111(133-3)40-20-95)59-63-128(86-98-25-45-114(136-6)46-26-98)64-60-126(56-52-120)84-96-21-41-112(134-4)42-22-96/h7-46,71-76H,47-70,77-88H2,1-6H3. The molecule has 716 valence electrons. The third-order valence-electron chi connectivity index (χ3n) is 26.9. The van der Waals surface area contributed by atoms with Gasteiger partial charge < -0.3 is 28.4 Å². The zero-order valence-corrected chi connectivity index (χ0v) is 80.3. The maximum absolute atomic E-state index is 15.0. The Morgan fingerprint density at radius 2 is 0.250 bits per heavy atom. The monoisotopic (exact) mass is 1850 g/mol. The molecule has 12 aromatic carbocycles. The Labute approximate surface area is 804 Å². The van der Waals surface area contributed by atoms with E-state index in [4.69, 9.17) is 28.4 Å². The highest BCUT2D eigenvalue weighted by Crippen LogP contribution is 2.29. The van der Waals surface area contributed by atoms with Crippen molar-refractivity contribution in [2.45, 2.75) is 78.5 Å². The lowest BCUT2D eigenvalue weighted by molar-refractivity contribution is 0.122. The van der Waals surface area contributed by atoms with Gasteiger partial charge in [-0.2, -0.15) is 0 Å². The molecule has 12 aromatic rings. The summed E-state index contributed by atoms with van der Waals surface area (Å²) in [5.41, 5.74) is 18.2. The van der Waals surface area contributed by atoms with Crippen molar-refractivity contribution in [3.8, 4) is 56.8 Å². The second-order valence-corrected chi connectivity index (χ2v) is 36.7. The van der Waals surface area contributed by atoms with Crippen molar-refractivity contribution >= 4 is 0 Å². The Kier molecular flexibility index (Phi) is 37.3. The average molecular weight is 1850 g/mol. The van der Waals surface area contributed by atoms with E-state index in [1.54, 1.807) is 42.7 Å². The molecule has 3 heterocycles. The van der Waals surface area contributed by atoms with Gasteiger partial charge in [-0.15, -0.1) is 0 Å². The fraction of sp³-hybridized carbons (Fsp3) is 0.368. The average Bonchev–Trinajstić information content (AvgIpc) is 0.844. The van der Waals surface area contributed by atoms with E-state index >= 15 is 0 Å².